The molecule has 8 aliphatic rings. The van der Waals surface area contributed by atoms with Gasteiger partial charge in [0.2, 0.25) is 6.29 Å². The number of carbonyl (C=O) groups is 2. The van der Waals surface area contributed by atoms with Crippen molar-refractivity contribution in [3.05, 3.63) is 35.9 Å². The Labute approximate surface area is 188 Å². The minimum atomic E-state index is -0.748. The molecule has 1 aromatic carbocycles. The maximum atomic E-state index is 14.7. The zero-order valence-electron chi connectivity index (χ0n) is 18.2. The molecule has 4 aliphatic heterocycles. The molecule has 6 atom stereocenters. The molecule has 7 fully saturated rings. The summed E-state index contributed by atoms with van der Waals surface area (Å²) in [4.78, 5) is 30.5. The predicted molar refractivity (Wildman–Crippen MR) is 118 cm³/mol. The number of carbonyl (C=O) groups excluding carboxylic acids is 2. The second-order valence-corrected chi connectivity index (χ2v) is 11.7. The van der Waals surface area contributed by atoms with E-state index in [0.717, 1.165) is 48.3 Å². The predicted octanol–water partition coefficient (Wildman–Crippen LogP) is 3.61. The number of anilines is 1. The van der Waals surface area contributed by atoms with E-state index in [-0.39, 0.29) is 41.2 Å². The summed E-state index contributed by atoms with van der Waals surface area (Å²) in [6, 6.07) is 7.96. The fourth-order valence-corrected chi connectivity index (χ4v) is 9.30. The van der Waals surface area contributed by atoms with E-state index in [1.807, 2.05) is 6.07 Å². The van der Waals surface area contributed by atoms with Crippen molar-refractivity contribution in [1.82, 2.24) is 0 Å². The lowest BCUT2D eigenvalue weighted by Gasteiger charge is -2.57. The summed E-state index contributed by atoms with van der Waals surface area (Å²) in [5.41, 5.74) is 2.04. The first-order valence-corrected chi connectivity index (χ1v) is 12.5. The van der Waals surface area contributed by atoms with Gasteiger partial charge in [-0.1, -0.05) is 30.4 Å². The highest BCUT2D eigenvalue weighted by molar-refractivity contribution is 5.99. The van der Waals surface area contributed by atoms with Gasteiger partial charge >= 0.3 is 0 Å². The largest absolute Gasteiger partial charge is 0.353 e. The maximum Gasteiger partial charge on any atom is 0.218 e. The number of ketones is 2. The fourth-order valence-electron chi connectivity index (χ4n) is 9.30. The van der Waals surface area contributed by atoms with Crippen LogP contribution < -0.4 is 4.90 Å². The molecule has 4 aliphatic carbocycles. The van der Waals surface area contributed by atoms with Crippen LogP contribution >= 0.6 is 0 Å². The van der Waals surface area contributed by atoms with Crippen LogP contribution in [0.4, 0.5) is 5.69 Å². The number of para-hydroxylation sites is 1. The molecule has 9 rings (SSSR count). The Morgan fingerprint density at radius 1 is 1.03 bits per heavy atom. The topological polar surface area (TPSA) is 55.8 Å². The maximum absolute atomic E-state index is 14.7. The summed E-state index contributed by atoms with van der Waals surface area (Å²) >= 11 is 0. The first-order chi connectivity index (χ1) is 15.6. The van der Waals surface area contributed by atoms with Crippen LogP contribution in [-0.2, 0) is 19.1 Å². The Kier molecular flexibility index (Phi) is 3.53. The van der Waals surface area contributed by atoms with Crippen molar-refractivity contribution in [1.29, 1.82) is 0 Å². The van der Waals surface area contributed by atoms with Crippen LogP contribution in [0.1, 0.15) is 44.1 Å². The van der Waals surface area contributed by atoms with Crippen molar-refractivity contribution in [3.63, 3.8) is 0 Å². The van der Waals surface area contributed by atoms with Crippen molar-refractivity contribution >= 4 is 23.3 Å². The molecular weight excluding hydrogens is 402 g/mol. The number of rotatable bonds is 2. The molecule has 6 bridgehead atoms. The minimum Gasteiger partial charge on any atom is -0.353 e. The van der Waals surface area contributed by atoms with E-state index in [1.54, 1.807) is 0 Å². The van der Waals surface area contributed by atoms with Crippen LogP contribution in [0.3, 0.4) is 0 Å². The first kappa shape index (κ1) is 18.4. The SMILES string of the molecule is O=C1C2OCC(O2)[C@H]2C(C(=O)C34CC5CC(CC(C5)C3)C4)N3c4ccccc4C=C[C@@H]3[C@@H]12. The van der Waals surface area contributed by atoms with Gasteiger partial charge in [0.1, 0.15) is 0 Å². The third kappa shape index (κ3) is 2.22. The molecular formula is C27H29NO4. The van der Waals surface area contributed by atoms with E-state index in [9.17, 15) is 9.59 Å². The third-order valence-electron chi connectivity index (χ3n) is 9.99. The van der Waals surface area contributed by atoms with E-state index in [0.29, 0.717) is 12.4 Å². The van der Waals surface area contributed by atoms with E-state index < -0.39 is 6.29 Å². The molecule has 0 spiro atoms. The molecule has 0 radical (unpaired) electrons. The highest BCUT2D eigenvalue weighted by atomic mass is 16.7. The van der Waals surface area contributed by atoms with Crippen LogP contribution in [0, 0.1) is 35.0 Å². The molecule has 5 nitrogen and oxygen atoms in total. The van der Waals surface area contributed by atoms with Gasteiger partial charge in [0.25, 0.3) is 0 Å². The summed E-state index contributed by atoms with van der Waals surface area (Å²) in [5.74, 6) is 2.24. The van der Waals surface area contributed by atoms with Crippen LogP contribution in [0.15, 0.2) is 30.3 Å². The molecule has 1 aromatic rings. The lowest BCUT2D eigenvalue weighted by molar-refractivity contribution is -0.166. The van der Waals surface area contributed by atoms with E-state index in [4.69, 9.17) is 9.47 Å². The number of Topliss-reactive ketones (excluding diaryl/α,β-unsaturated/α-hetero) is 2. The normalized spacial score (nSPS) is 49.2. The molecule has 0 N–H and O–H groups in total. The van der Waals surface area contributed by atoms with Gasteiger partial charge < -0.3 is 14.4 Å². The Morgan fingerprint density at radius 3 is 2.50 bits per heavy atom. The van der Waals surface area contributed by atoms with Crippen molar-refractivity contribution in [2.45, 2.75) is 63.0 Å². The zero-order valence-corrected chi connectivity index (χ0v) is 18.2. The second-order valence-electron chi connectivity index (χ2n) is 11.7. The quantitative estimate of drug-likeness (QED) is 0.716. The smallest absolute Gasteiger partial charge is 0.218 e. The summed E-state index contributed by atoms with van der Waals surface area (Å²) in [7, 11) is 0. The molecule has 3 saturated heterocycles. The van der Waals surface area contributed by atoms with E-state index >= 15 is 0 Å². The molecule has 32 heavy (non-hydrogen) atoms. The van der Waals surface area contributed by atoms with Crippen molar-refractivity contribution in [2.75, 3.05) is 11.5 Å². The first-order valence-electron chi connectivity index (χ1n) is 12.5. The van der Waals surface area contributed by atoms with Crippen molar-refractivity contribution in [2.24, 2.45) is 35.0 Å². The standard InChI is InChI=1S/C27H29NO4/c29-24-21-19-6-5-17-3-1-2-4-18(17)28(19)23(22(21)20-13-31-26(24)32-20)25(30)27-10-14-7-15(11-27)9-16(8-14)12-27/h1-6,14-16,19-23,26H,7-13H2/t14?,15?,16?,19-,20?,21-,22-,23?,26?,27?/m1/s1. The summed E-state index contributed by atoms with van der Waals surface area (Å²) in [6.45, 7) is 0.425. The van der Waals surface area contributed by atoms with Gasteiger partial charge in [-0.25, -0.2) is 0 Å². The highest BCUT2D eigenvalue weighted by Gasteiger charge is 2.66. The number of hydrogen-bond acceptors (Lipinski definition) is 5. The van der Waals surface area contributed by atoms with E-state index in [2.05, 4.69) is 35.3 Å². The average molecular weight is 432 g/mol. The minimum absolute atomic E-state index is 0.0311. The molecule has 4 heterocycles. The zero-order chi connectivity index (χ0) is 21.2. The van der Waals surface area contributed by atoms with Crippen molar-refractivity contribution in [3.8, 4) is 0 Å². The second kappa shape index (κ2) is 6.12. The fraction of sp³-hybridized carbons (Fsp3) is 0.630. The summed E-state index contributed by atoms with van der Waals surface area (Å²) in [6.07, 6.45) is 10.5. The van der Waals surface area contributed by atoms with Crippen LogP contribution in [0.5, 0.6) is 0 Å². The van der Waals surface area contributed by atoms with E-state index in [1.165, 1.54) is 19.3 Å². The molecule has 166 valence electrons. The number of fused-ring (bicyclic) bond motifs is 8. The highest BCUT2D eigenvalue weighted by Crippen LogP contribution is 2.62. The number of nitrogens with zero attached hydrogens (tertiary/aromatic N) is 1. The molecule has 0 amide bonds. The number of ether oxygens (including phenoxy) is 2. The Morgan fingerprint density at radius 2 is 1.75 bits per heavy atom. The average Bonchev–Trinajstić information content (AvgIpc) is 3.37. The lowest BCUT2D eigenvalue weighted by Crippen LogP contribution is -2.58. The molecule has 4 saturated carbocycles. The Bertz CT molecular complexity index is 1030. The van der Waals surface area contributed by atoms with Crippen LogP contribution in [-0.4, -0.2) is 42.7 Å². The molecule has 5 heteroatoms. The van der Waals surface area contributed by atoms with Crippen LogP contribution in [0.25, 0.3) is 6.08 Å². The van der Waals surface area contributed by atoms with Gasteiger partial charge in [0.15, 0.2) is 11.6 Å². The Hall–Kier alpha value is -1.98. The lowest BCUT2D eigenvalue weighted by atomic mass is 9.47. The third-order valence-corrected chi connectivity index (χ3v) is 9.99. The van der Waals surface area contributed by atoms with Gasteiger partial charge in [-0.15, -0.1) is 0 Å². The van der Waals surface area contributed by atoms with Gasteiger partial charge in [0.05, 0.1) is 30.7 Å². The number of hydrogen-bond donors (Lipinski definition) is 0. The van der Waals surface area contributed by atoms with Gasteiger partial charge in [-0.2, -0.15) is 0 Å². The van der Waals surface area contributed by atoms with Gasteiger partial charge in [-0.05, 0) is 67.9 Å². The van der Waals surface area contributed by atoms with Gasteiger partial charge in [0, 0.05) is 17.0 Å². The Balaban J connectivity index is 1.28. The monoisotopic (exact) mass is 431 g/mol. The summed E-state index contributed by atoms with van der Waals surface area (Å²) < 4.78 is 11.8. The molecule has 3 unspecified atom stereocenters. The molecule has 0 aromatic heterocycles. The number of benzene rings is 1. The van der Waals surface area contributed by atoms with Crippen molar-refractivity contribution < 1.29 is 19.1 Å². The summed E-state index contributed by atoms with van der Waals surface area (Å²) in [5, 5.41) is 0. The van der Waals surface area contributed by atoms with Crippen LogP contribution in [0.2, 0.25) is 0 Å². The van der Waals surface area contributed by atoms with Gasteiger partial charge in [-0.3, -0.25) is 9.59 Å².